The normalized spacial score (nSPS) is 10.1. The van der Waals surface area contributed by atoms with E-state index in [-0.39, 0.29) is 16.3 Å². The van der Waals surface area contributed by atoms with Crippen LogP contribution in [-0.4, -0.2) is 9.97 Å². The summed E-state index contributed by atoms with van der Waals surface area (Å²) >= 11 is 11.3. The van der Waals surface area contributed by atoms with Crippen LogP contribution in [0, 0.1) is 0 Å². The fourth-order valence-corrected chi connectivity index (χ4v) is 1.51. The lowest BCUT2D eigenvalue weighted by molar-refractivity contribution is 0.462. The highest BCUT2D eigenvalue weighted by atomic mass is 35.5. The Morgan fingerprint density at radius 2 is 1.94 bits per heavy atom. The van der Waals surface area contributed by atoms with E-state index < -0.39 is 0 Å². The predicted molar refractivity (Wildman–Crippen MR) is 63.0 cm³/mol. The summed E-state index contributed by atoms with van der Waals surface area (Å²) in [6, 6.07) is 8.42. The van der Waals surface area contributed by atoms with Crippen LogP contribution in [-0.2, 0) is 0 Å². The second-order valence-corrected chi connectivity index (χ2v) is 3.70. The molecule has 0 radical (unpaired) electrons. The number of aromatic nitrogens is 2. The summed E-state index contributed by atoms with van der Waals surface area (Å²) in [5.74, 6) is 0.835. The molecule has 1 heterocycles. The van der Waals surface area contributed by atoms with Crippen LogP contribution in [0.25, 0.3) is 0 Å². The van der Waals surface area contributed by atoms with Gasteiger partial charge >= 0.3 is 0 Å². The van der Waals surface area contributed by atoms with Crippen molar-refractivity contribution < 1.29 is 4.74 Å². The Morgan fingerprint density at radius 3 is 2.62 bits per heavy atom. The van der Waals surface area contributed by atoms with Gasteiger partial charge in [-0.3, -0.25) is 0 Å². The van der Waals surface area contributed by atoms with E-state index in [1.165, 1.54) is 6.07 Å². The second-order valence-electron chi connectivity index (χ2n) is 2.97. The molecule has 0 saturated heterocycles. The monoisotopic (exact) mass is 255 g/mol. The number of ether oxygens (including phenoxy) is 1. The van der Waals surface area contributed by atoms with Crippen LogP contribution in [0.5, 0.6) is 11.6 Å². The van der Waals surface area contributed by atoms with Crippen LogP contribution >= 0.6 is 23.2 Å². The molecule has 2 aromatic rings. The first kappa shape index (κ1) is 11.0. The number of hydrogen-bond donors (Lipinski definition) is 1. The molecule has 1 aromatic heterocycles. The zero-order chi connectivity index (χ0) is 11.5. The summed E-state index contributed by atoms with van der Waals surface area (Å²) in [5.41, 5.74) is 6.21. The molecule has 1 aromatic carbocycles. The molecular weight excluding hydrogens is 249 g/mol. The minimum atomic E-state index is 0.0337. The van der Waals surface area contributed by atoms with Gasteiger partial charge in [-0.2, -0.15) is 4.98 Å². The number of nitrogens with two attached hydrogens (primary N) is 1. The summed E-state index contributed by atoms with van der Waals surface area (Å²) in [6.45, 7) is 0. The van der Waals surface area contributed by atoms with Crippen molar-refractivity contribution in [2.24, 2.45) is 0 Å². The number of nitrogen functional groups attached to an aromatic ring is 1. The standard InChI is InChI=1S/C10H7Cl2N3O/c11-8-5-9(15-10(12)14-8)16-7-3-1-2-6(13)4-7/h1-5H,13H2. The van der Waals surface area contributed by atoms with Crippen molar-refractivity contribution in [3.63, 3.8) is 0 Å². The summed E-state index contributed by atoms with van der Waals surface area (Å²) in [5, 5.41) is 0.255. The van der Waals surface area contributed by atoms with Crippen LogP contribution in [0.15, 0.2) is 30.3 Å². The third-order valence-electron chi connectivity index (χ3n) is 1.72. The van der Waals surface area contributed by atoms with Crippen molar-refractivity contribution >= 4 is 28.9 Å². The zero-order valence-electron chi connectivity index (χ0n) is 8.02. The van der Waals surface area contributed by atoms with Gasteiger partial charge in [-0.25, -0.2) is 4.98 Å². The van der Waals surface area contributed by atoms with Crippen LogP contribution in [0.3, 0.4) is 0 Å². The van der Waals surface area contributed by atoms with Crippen molar-refractivity contribution in [1.29, 1.82) is 0 Å². The number of halogens is 2. The van der Waals surface area contributed by atoms with E-state index in [0.29, 0.717) is 11.4 Å². The van der Waals surface area contributed by atoms with Gasteiger partial charge in [0, 0.05) is 17.8 Å². The summed E-state index contributed by atoms with van der Waals surface area (Å²) in [6.07, 6.45) is 0. The average molecular weight is 256 g/mol. The van der Waals surface area contributed by atoms with Gasteiger partial charge in [0.05, 0.1) is 0 Å². The Labute approximate surface area is 102 Å². The Balaban J connectivity index is 2.27. The van der Waals surface area contributed by atoms with E-state index in [2.05, 4.69) is 9.97 Å². The molecule has 82 valence electrons. The molecule has 2 rings (SSSR count). The van der Waals surface area contributed by atoms with Crippen LogP contribution in [0.4, 0.5) is 5.69 Å². The number of nitrogens with zero attached hydrogens (tertiary/aromatic N) is 2. The highest BCUT2D eigenvalue weighted by Crippen LogP contribution is 2.24. The Hall–Kier alpha value is -1.52. The first-order chi connectivity index (χ1) is 7.63. The molecule has 6 heteroatoms. The van der Waals surface area contributed by atoms with Crippen molar-refractivity contribution in [2.75, 3.05) is 5.73 Å². The Morgan fingerprint density at radius 1 is 1.12 bits per heavy atom. The molecule has 0 atom stereocenters. The van der Waals surface area contributed by atoms with Gasteiger partial charge < -0.3 is 10.5 Å². The molecular formula is C10H7Cl2N3O. The van der Waals surface area contributed by atoms with Crippen molar-refractivity contribution in [3.8, 4) is 11.6 Å². The maximum Gasteiger partial charge on any atom is 0.227 e. The van der Waals surface area contributed by atoms with E-state index in [9.17, 15) is 0 Å². The number of benzene rings is 1. The van der Waals surface area contributed by atoms with Crippen LogP contribution in [0.1, 0.15) is 0 Å². The van der Waals surface area contributed by atoms with E-state index in [1.54, 1.807) is 24.3 Å². The fourth-order valence-electron chi connectivity index (χ4n) is 1.12. The second kappa shape index (κ2) is 4.55. The van der Waals surface area contributed by atoms with E-state index in [1.807, 2.05) is 0 Å². The van der Waals surface area contributed by atoms with Crippen LogP contribution < -0.4 is 10.5 Å². The Kier molecular flexibility index (Phi) is 3.12. The molecule has 0 bridgehead atoms. The third-order valence-corrected chi connectivity index (χ3v) is 2.09. The molecule has 16 heavy (non-hydrogen) atoms. The number of anilines is 1. The lowest BCUT2D eigenvalue weighted by atomic mass is 10.3. The van der Waals surface area contributed by atoms with Gasteiger partial charge in [0.25, 0.3) is 0 Å². The van der Waals surface area contributed by atoms with Gasteiger partial charge in [-0.15, -0.1) is 0 Å². The van der Waals surface area contributed by atoms with E-state index in [4.69, 9.17) is 33.7 Å². The minimum Gasteiger partial charge on any atom is -0.439 e. The molecule has 0 aliphatic carbocycles. The van der Waals surface area contributed by atoms with Crippen molar-refractivity contribution in [3.05, 3.63) is 40.8 Å². The summed E-state index contributed by atoms with van der Waals surface area (Å²) < 4.78 is 5.42. The molecule has 2 N–H and O–H groups in total. The predicted octanol–water partition coefficient (Wildman–Crippen LogP) is 3.16. The topological polar surface area (TPSA) is 61.0 Å². The summed E-state index contributed by atoms with van der Waals surface area (Å²) in [4.78, 5) is 7.57. The number of rotatable bonds is 2. The quantitative estimate of drug-likeness (QED) is 0.509. The molecule has 4 nitrogen and oxygen atoms in total. The largest absolute Gasteiger partial charge is 0.439 e. The molecule has 0 saturated carbocycles. The maximum atomic E-state index is 5.71. The van der Waals surface area contributed by atoms with Gasteiger partial charge in [0.15, 0.2) is 0 Å². The molecule has 0 aliphatic heterocycles. The zero-order valence-corrected chi connectivity index (χ0v) is 9.53. The van der Waals surface area contributed by atoms with Gasteiger partial charge in [0.1, 0.15) is 10.9 Å². The first-order valence-electron chi connectivity index (χ1n) is 4.37. The minimum absolute atomic E-state index is 0.0337. The highest BCUT2D eigenvalue weighted by Gasteiger charge is 2.03. The lowest BCUT2D eigenvalue weighted by Crippen LogP contribution is -1.92. The molecule has 0 fully saturated rings. The fraction of sp³-hybridized carbons (Fsp3) is 0. The SMILES string of the molecule is Nc1cccc(Oc2cc(Cl)nc(Cl)n2)c1. The van der Waals surface area contributed by atoms with Gasteiger partial charge in [-0.1, -0.05) is 17.7 Å². The molecule has 0 unspecified atom stereocenters. The number of hydrogen-bond acceptors (Lipinski definition) is 4. The molecule has 0 amide bonds. The van der Waals surface area contributed by atoms with Crippen LogP contribution in [0.2, 0.25) is 10.4 Å². The lowest BCUT2D eigenvalue weighted by Gasteiger charge is -2.05. The summed E-state index contributed by atoms with van der Waals surface area (Å²) in [7, 11) is 0. The highest BCUT2D eigenvalue weighted by molar-refractivity contribution is 6.31. The van der Waals surface area contributed by atoms with Crippen molar-refractivity contribution in [2.45, 2.75) is 0 Å². The van der Waals surface area contributed by atoms with Gasteiger partial charge in [-0.05, 0) is 23.7 Å². The molecule has 0 spiro atoms. The average Bonchev–Trinajstić information content (AvgIpc) is 2.15. The molecule has 0 aliphatic rings. The van der Waals surface area contributed by atoms with E-state index in [0.717, 1.165) is 0 Å². The van der Waals surface area contributed by atoms with E-state index >= 15 is 0 Å². The Bertz CT molecular complexity index is 499. The smallest absolute Gasteiger partial charge is 0.227 e. The van der Waals surface area contributed by atoms with Crippen molar-refractivity contribution in [1.82, 2.24) is 9.97 Å². The third kappa shape index (κ3) is 2.74. The first-order valence-corrected chi connectivity index (χ1v) is 5.12. The maximum absolute atomic E-state index is 5.71. The van der Waals surface area contributed by atoms with Gasteiger partial charge in [0.2, 0.25) is 11.2 Å².